The van der Waals surface area contributed by atoms with Crippen LogP contribution < -0.4 is 0 Å². The highest BCUT2D eigenvalue weighted by Crippen LogP contribution is 2.23. The van der Waals surface area contributed by atoms with Gasteiger partial charge in [0.05, 0.1) is 13.2 Å². The number of aliphatic hydroxyl groups is 1. The molecule has 2 atom stereocenters. The standard InChI is InChI=1S/C20H29FN2O2/c21-20-5-3-17(4-6-20)2-1-7-23-14-18(12-19(15-23)16-24)13-22-8-10-25-11-9-22/h1-6,18-19,24H,7-16H2/b2-1+/t18-,19-/m1/s1. The van der Waals surface area contributed by atoms with E-state index in [0.29, 0.717) is 11.8 Å². The van der Waals surface area contributed by atoms with E-state index in [2.05, 4.69) is 15.9 Å². The van der Waals surface area contributed by atoms with Crippen LogP contribution in [-0.4, -0.2) is 74.0 Å². The zero-order valence-corrected chi connectivity index (χ0v) is 14.8. The van der Waals surface area contributed by atoms with Crippen molar-refractivity contribution in [1.29, 1.82) is 0 Å². The Balaban J connectivity index is 1.51. The molecule has 1 aromatic rings. The summed E-state index contributed by atoms with van der Waals surface area (Å²) >= 11 is 0. The molecule has 138 valence electrons. The topological polar surface area (TPSA) is 35.9 Å². The van der Waals surface area contributed by atoms with E-state index in [9.17, 15) is 9.50 Å². The molecule has 0 amide bonds. The molecule has 0 bridgehead atoms. The van der Waals surface area contributed by atoms with Crippen molar-refractivity contribution >= 4 is 6.08 Å². The molecule has 2 heterocycles. The van der Waals surface area contributed by atoms with Crippen molar-refractivity contribution in [3.05, 3.63) is 41.7 Å². The number of hydrogen-bond donors (Lipinski definition) is 1. The Morgan fingerprint density at radius 3 is 2.52 bits per heavy atom. The van der Waals surface area contributed by atoms with Crippen molar-refractivity contribution in [3.63, 3.8) is 0 Å². The zero-order chi connectivity index (χ0) is 17.5. The van der Waals surface area contributed by atoms with E-state index in [-0.39, 0.29) is 12.4 Å². The predicted octanol–water partition coefficient (Wildman–Crippen LogP) is 2.10. The highest BCUT2D eigenvalue weighted by atomic mass is 19.1. The van der Waals surface area contributed by atoms with E-state index >= 15 is 0 Å². The van der Waals surface area contributed by atoms with Gasteiger partial charge >= 0.3 is 0 Å². The van der Waals surface area contributed by atoms with E-state index in [1.165, 1.54) is 12.1 Å². The molecule has 0 saturated carbocycles. The van der Waals surface area contributed by atoms with Gasteiger partial charge in [-0.3, -0.25) is 9.80 Å². The monoisotopic (exact) mass is 348 g/mol. The first-order chi connectivity index (χ1) is 12.2. The van der Waals surface area contributed by atoms with Gasteiger partial charge in [-0.15, -0.1) is 0 Å². The molecule has 0 radical (unpaired) electrons. The van der Waals surface area contributed by atoms with Crippen molar-refractivity contribution in [2.45, 2.75) is 6.42 Å². The van der Waals surface area contributed by atoms with Gasteiger partial charge in [-0.2, -0.15) is 0 Å². The number of nitrogens with zero attached hydrogens (tertiary/aromatic N) is 2. The van der Waals surface area contributed by atoms with E-state index in [0.717, 1.165) is 64.5 Å². The third-order valence-corrected chi connectivity index (χ3v) is 5.12. The molecular weight excluding hydrogens is 319 g/mol. The maximum absolute atomic E-state index is 12.9. The molecule has 0 aliphatic carbocycles. The molecular formula is C20H29FN2O2. The summed E-state index contributed by atoms with van der Waals surface area (Å²) < 4.78 is 18.4. The number of halogens is 1. The van der Waals surface area contributed by atoms with Crippen molar-refractivity contribution < 1.29 is 14.2 Å². The summed E-state index contributed by atoms with van der Waals surface area (Å²) in [5.41, 5.74) is 1.02. The summed E-state index contributed by atoms with van der Waals surface area (Å²) in [4.78, 5) is 4.91. The number of morpholine rings is 1. The van der Waals surface area contributed by atoms with Gasteiger partial charge in [0, 0.05) is 45.9 Å². The number of ether oxygens (including phenoxy) is 1. The van der Waals surface area contributed by atoms with Crippen molar-refractivity contribution in [2.75, 3.05) is 59.1 Å². The molecule has 1 aromatic carbocycles. The SMILES string of the molecule is OC[C@@H]1C[C@H](CN2CCOCC2)CN(C/C=C/c2ccc(F)cc2)C1. The third kappa shape index (κ3) is 5.89. The number of likely N-dealkylation sites (tertiary alicyclic amines) is 1. The van der Waals surface area contributed by atoms with E-state index in [1.807, 2.05) is 6.08 Å². The zero-order valence-electron chi connectivity index (χ0n) is 14.8. The van der Waals surface area contributed by atoms with Crippen LogP contribution in [0.3, 0.4) is 0 Å². The van der Waals surface area contributed by atoms with E-state index in [1.54, 1.807) is 12.1 Å². The first-order valence-electron chi connectivity index (χ1n) is 9.28. The number of benzene rings is 1. The van der Waals surface area contributed by atoms with Gasteiger partial charge in [-0.1, -0.05) is 24.3 Å². The van der Waals surface area contributed by atoms with Gasteiger partial charge in [-0.25, -0.2) is 4.39 Å². The van der Waals surface area contributed by atoms with Crippen LogP contribution in [0.4, 0.5) is 4.39 Å². The second-order valence-corrected chi connectivity index (χ2v) is 7.24. The molecule has 3 rings (SSSR count). The summed E-state index contributed by atoms with van der Waals surface area (Å²) in [6.07, 6.45) is 5.28. The average Bonchev–Trinajstić information content (AvgIpc) is 2.64. The lowest BCUT2D eigenvalue weighted by atomic mass is 9.89. The Bertz CT molecular complexity index is 543. The van der Waals surface area contributed by atoms with Crippen LogP contribution in [0.15, 0.2) is 30.3 Å². The first kappa shape index (κ1) is 18.5. The van der Waals surface area contributed by atoms with Crippen LogP contribution in [0.5, 0.6) is 0 Å². The van der Waals surface area contributed by atoms with Gasteiger partial charge in [0.25, 0.3) is 0 Å². The van der Waals surface area contributed by atoms with Crippen LogP contribution in [-0.2, 0) is 4.74 Å². The van der Waals surface area contributed by atoms with Crippen molar-refractivity contribution in [3.8, 4) is 0 Å². The second-order valence-electron chi connectivity index (χ2n) is 7.24. The molecule has 1 N–H and O–H groups in total. The largest absolute Gasteiger partial charge is 0.396 e. The molecule has 2 fully saturated rings. The number of aliphatic hydroxyl groups excluding tert-OH is 1. The summed E-state index contributed by atoms with van der Waals surface area (Å²) in [6.45, 7) is 7.95. The lowest BCUT2D eigenvalue weighted by Crippen LogP contribution is -2.47. The van der Waals surface area contributed by atoms with Crippen LogP contribution in [0.25, 0.3) is 6.08 Å². The fourth-order valence-electron chi connectivity index (χ4n) is 3.90. The molecule has 0 aromatic heterocycles. The number of piperidine rings is 1. The quantitative estimate of drug-likeness (QED) is 0.854. The third-order valence-electron chi connectivity index (χ3n) is 5.12. The minimum absolute atomic E-state index is 0.204. The molecule has 0 unspecified atom stereocenters. The fourth-order valence-corrected chi connectivity index (χ4v) is 3.90. The van der Waals surface area contributed by atoms with Crippen LogP contribution in [0, 0.1) is 17.7 Å². The van der Waals surface area contributed by atoms with Gasteiger partial charge < -0.3 is 9.84 Å². The molecule has 5 heteroatoms. The predicted molar refractivity (Wildman–Crippen MR) is 97.8 cm³/mol. The van der Waals surface area contributed by atoms with Crippen LogP contribution in [0.1, 0.15) is 12.0 Å². The summed E-state index contributed by atoms with van der Waals surface area (Å²) in [5.74, 6) is 0.757. The molecule has 2 saturated heterocycles. The van der Waals surface area contributed by atoms with Crippen molar-refractivity contribution in [1.82, 2.24) is 9.80 Å². The summed E-state index contributed by atoms with van der Waals surface area (Å²) in [5, 5.41) is 9.65. The molecule has 2 aliphatic rings. The molecule has 25 heavy (non-hydrogen) atoms. The second kappa shape index (κ2) is 9.43. The maximum atomic E-state index is 12.9. The Morgan fingerprint density at radius 2 is 1.80 bits per heavy atom. The molecule has 0 spiro atoms. The Morgan fingerprint density at radius 1 is 1.08 bits per heavy atom. The Hall–Kier alpha value is -1.27. The Labute approximate surface area is 149 Å². The van der Waals surface area contributed by atoms with E-state index in [4.69, 9.17) is 4.74 Å². The maximum Gasteiger partial charge on any atom is 0.123 e. The normalized spacial score (nSPS) is 26.3. The highest BCUT2D eigenvalue weighted by molar-refractivity contribution is 5.48. The highest BCUT2D eigenvalue weighted by Gasteiger charge is 2.28. The molecule has 4 nitrogen and oxygen atoms in total. The van der Waals surface area contributed by atoms with Gasteiger partial charge in [-0.05, 0) is 36.0 Å². The van der Waals surface area contributed by atoms with Gasteiger partial charge in [0.2, 0.25) is 0 Å². The lowest BCUT2D eigenvalue weighted by Gasteiger charge is -2.39. The lowest BCUT2D eigenvalue weighted by molar-refractivity contribution is 0.0145. The van der Waals surface area contributed by atoms with Crippen LogP contribution >= 0.6 is 0 Å². The minimum atomic E-state index is -0.204. The average molecular weight is 348 g/mol. The van der Waals surface area contributed by atoms with Crippen molar-refractivity contribution in [2.24, 2.45) is 11.8 Å². The number of rotatable bonds is 6. The Kier molecular flexibility index (Phi) is 6.99. The molecule has 2 aliphatic heterocycles. The fraction of sp³-hybridized carbons (Fsp3) is 0.600. The van der Waals surface area contributed by atoms with E-state index < -0.39 is 0 Å². The smallest absolute Gasteiger partial charge is 0.123 e. The van der Waals surface area contributed by atoms with Gasteiger partial charge in [0.15, 0.2) is 0 Å². The van der Waals surface area contributed by atoms with Gasteiger partial charge in [0.1, 0.15) is 5.82 Å². The summed E-state index contributed by atoms with van der Waals surface area (Å²) in [6, 6.07) is 6.56. The number of hydrogen-bond acceptors (Lipinski definition) is 4. The first-order valence-corrected chi connectivity index (χ1v) is 9.28. The summed E-state index contributed by atoms with van der Waals surface area (Å²) in [7, 11) is 0. The van der Waals surface area contributed by atoms with Crippen LogP contribution in [0.2, 0.25) is 0 Å². The minimum Gasteiger partial charge on any atom is -0.396 e.